The Morgan fingerprint density at radius 3 is 2.50 bits per heavy atom. The molecule has 0 radical (unpaired) electrons. The number of amides is 3. The quantitative estimate of drug-likeness (QED) is 0.782. The van der Waals surface area contributed by atoms with Crippen LogP contribution in [-0.4, -0.2) is 49.6 Å². The van der Waals surface area contributed by atoms with Gasteiger partial charge < -0.3 is 20.9 Å². The molecule has 0 unspecified atom stereocenters. The van der Waals surface area contributed by atoms with E-state index in [1.54, 1.807) is 23.1 Å². The minimum absolute atomic E-state index is 0.000705. The molecule has 0 bridgehead atoms. The molecule has 24 heavy (non-hydrogen) atoms. The molecule has 132 valence electrons. The van der Waals surface area contributed by atoms with E-state index in [9.17, 15) is 9.59 Å². The molecule has 1 heterocycles. The minimum Gasteiger partial charge on any atom is -0.337 e. The van der Waals surface area contributed by atoms with Gasteiger partial charge in [-0.3, -0.25) is 4.79 Å². The molecule has 3 N–H and O–H groups in total. The predicted octanol–water partition coefficient (Wildman–Crippen LogP) is 2.55. The van der Waals surface area contributed by atoms with Gasteiger partial charge in [0.15, 0.2) is 0 Å². The van der Waals surface area contributed by atoms with E-state index in [2.05, 4.69) is 16.0 Å². The normalized spacial score (nSPS) is 15.1. The maximum absolute atomic E-state index is 12.4. The number of hydrogen-bond acceptors (Lipinski definition) is 3. The van der Waals surface area contributed by atoms with Crippen molar-refractivity contribution in [3.05, 3.63) is 28.8 Å². The minimum atomic E-state index is -0.312. The molecular weight excluding hydrogens is 328 g/mol. The van der Waals surface area contributed by atoms with E-state index in [4.69, 9.17) is 11.6 Å². The van der Waals surface area contributed by atoms with Crippen molar-refractivity contribution in [2.24, 2.45) is 5.41 Å². The lowest BCUT2D eigenvalue weighted by Crippen LogP contribution is -2.46. The van der Waals surface area contributed by atoms with Gasteiger partial charge in [0.05, 0.1) is 10.7 Å². The van der Waals surface area contributed by atoms with Gasteiger partial charge in [-0.1, -0.05) is 32.4 Å². The summed E-state index contributed by atoms with van der Waals surface area (Å²) in [7, 11) is 0. The number of anilines is 1. The summed E-state index contributed by atoms with van der Waals surface area (Å²) in [6.45, 7) is 9.64. The Morgan fingerprint density at radius 1 is 1.25 bits per heavy atom. The Bertz CT molecular complexity index is 607. The fourth-order valence-corrected chi connectivity index (χ4v) is 2.54. The molecule has 1 aromatic rings. The summed E-state index contributed by atoms with van der Waals surface area (Å²) in [5.74, 6) is -0.0397. The zero-order valence-corrected chi connectivity index (χ0v) is 15.2. The third-order valence-corrected chi connectivity index (χ3v) is 3.96. The van der Waals surface area contributed by atoms with Crippen LogP contribution in [0.1, 0.15) is 31.1 Å². The molecule has 2 rings (SSSR count). The fraction of sp³-hybridized carbons (Fsp3) is 0.529. The predicted molar refractivity (Wildman–Crippen MR) is 96.7 cm³/mol. The SMILES string of the molecule is CC(C)(C)CNC(=O)Nc1ccc(C(=O)N2CCNCC2)cc1Cl. The largest absolute Gasteiger partial charge is 0.337 e. The first kappa shape index (κ1) is 18.5. The third kappa shape index (κ3) is 5.39. The van der Waals surface area contributed by atoms with E-state index in [1.165, 1.54) is 0 Å². The molecule has 7 heteroatoms. The van der Waals surface area contributed by atoms with Crippen LogP contribution in [0.15, 0.2) is 18.2 Å². The van der Waals surface area contributed by atoms with Crippen LogP contribution in [0.2, 0.25) is 5.02 Å². The Kier molecular flexibility index (Phi) is 6.07. The van der Waals surface area contributed by atoms with Crippen LogP contribution in [0.5, 0.6) is 0 Å². The maximum Gasteiger partial charge on any atom is 0.319 e. The van der Waals surface area contributed by atoms with Crippen molar-refractivity contribution in [3.63, 3.8) is 0 Å². The van der Waals surface area contributed by atoms with Crippen LogP contribution in [0.3, 0.4) is 0 Å². The monoisotopic (exact) mass is 352 g/mol. The highest BCUT2D eigenvalue weighted by molar-refractivity contribution is 6.34. The van der Waals surface area contributed by atoms with E-state index in [0.717, 1.165) is 13.1 Å². The van der Waals surface area contributed by atoms with E-state index < -0.39 is 0 Å². The van der Waals surface area contributed by atoms with Gasteiger partial charge >= 0.3 is 6.03 Å². The fourth-order valence-electron chi connectivity index (χ4n) is 2.31. The Hall–Kier alpha value is -1.79. The van der Waals surface area contributed by atoms with Crippen LogP contribution in [0.25, 0.3) is 0 Å². The molecule has 1 aliphatic heterocycles. The highest BCUT2D eigenvalue weighted by Gasteiger charge is 2.19. The first-order chi connectivity index (χ1) is 11.3. The first-order valence-corrected chi connectivity index (χ1v) is 8.48. The van der Waals surface area contributed by atoms with E-state index in [1.807, 2.05) is 20.8 Å². The summed E-state index contributed by atoms with van der Waals surface area (Å²) in [6.07, 6.45) is 0. The molecule has 0 aromatic heterocycles. The Balaban J connectivity index is 1.98. The average Bonchev–Trinajstić information content (AvgIpc) is 2.54. The number of nitrogens with zero attached hydrogens (tertiary/aromatic N) is 1. The van der Waals surface area contributed by atoms with Gasteiger partial charge in [-0.15, -0.1) is 0 Å². The zero-order valence-electron chi connectivity index (χ0n) is 14.4. The average molecular weight is 353 g/mol. The van der Waals surface area contributed by atoms with Crippen LogP contribution in [-0.2, 0) is 0 Å². The van der Waals surface area contributed by atoms with E-state index in [0.29, 0.717) is 35.9 Å². The summed E-state index contributed by atoms with van der Waals surface area (Å²) in [6, 6.07) is 4.64. The van der Waals surface area contributed by atoms with E-state index in [-0.39, 0.29) is 17.4 Å². The summed E-state index contributed by atoms with van der Waals surface area (Å²) in [4.78, 5) is 26.1. The van der Waals surface area contributed by atoms with Gasteiger partial charge in [0.2, 0.25) is 0 Å². The van der Waals surface area contributed by atoms with Crippen molar-refractivity contribution in [2.75, 3.05) is 38.0 Å². The van der Waals surface area contributed by atoms with Gasteiger partial charge in [-0.25, -0.2) is 4.79 Å². The second-order valence-corrected chi connectivity index (χ2v) is 7.51. The molecule has 1 aromatic carbocycles. The van der Waals surface area contributed by atoms with Crippen molar-refractivity contribution in [1.29, 1.82) is 0 Å². The summed E-state index contributed by atoms with van der Waals surface area (Å²) >= 11 is 6.22. The number of piperazine rings is 1. The molecule has 0 aliphatic carbocycles. The van der Waals surface area contributed by atoms with Gasteiger partial charge in [-0.05, 0) is 23.6 Å². The van der Waals surface area contributed by atoms with Crippen LogP contribution >= 0.6 is 11.6 Å². The molecule has 0 saturated carbocycles. The zero-order chi connectivity index (χ0) is 17.7. The van der Waals surface area contributed by atoms with E-state index >= 15 is 0 Å². The second-order valence-electron chi connectivity index (χ2n) is 7.11. The van der Waals surface area contributed by atoms with Gasteiger partial charge in [0.1, 0.15) is 0 Å². The van der Waals surface area contributed by atoms with Crippen molar-refractivity contribution in [1.82, 2.24) is 15.5 Å². The van der Waals surface area contributed by atoms with Crippen LogP contribution < -0.4 is 16.0 Å². The topological polar surface area (TPSA) is 73.5 Å². The molecule has 6 nitrogen and oxygen atoms in total. The second kappa shape index (κ2) is 7.85. The molecule has 3 amide bonds. The molecule has 0 atom stereocenters. The van der Waals surface area contributed by atoms with Crippen LogP contribution in [0, 0.1) is 5.41 Å². The lowest BCUT2D eigenvalue weighted by Gasteiger charge is -2.27. The number of benzene rings is 1. The number of carbonyl (C=O) groups is 2. The summed E-state index contributed by atoms with van der Waals surface area (Å²) < 4.78 is 0. The molecule has 1 fully saturated rings. The Labute approximate surface area is 147 Å². The smallest absolute Gasteiger partial charge is 0.319 e. The third-order valence-electron chi connectivity index (χ3n) is 3.65. The highest BCUT2D eigenvalue weighted by atomic mass is 35.5. The number of hydrogen-bond donors (Lipinski definition) is 3. The van der Waals surface area contributed by atoms with Gasteiger partial charge in [-0.2, -0.15) is 0 Å². The van der Waals surface area contributed by atoms with Crippen molar-refractivity contribution < 1.29 is 9.59 Å². The standard InChI is InChI=1S/C17H25ClN4O2/c1-17(2,3)11-20-16(24)21-14-5-4-12(10-13(14)18)15(23)22-8-6-19-7-9-22/h4-5,10,19H,6-9,11H2,1-3H3,(H2,20,21,24). The van der Waals surface area contributed by atoms with Gasteiger partial charge in [0, 0.05) is 38.3 Å². The molecular formula is C17H25ClN4O2. The van der Waals surface area contributed by atoms with Crippen molar-refractivity contribution >= 4 is 29.2 Å². The highest BCUT2D eigenvalue weighted by Crippen LogP contribution is 2.24. The number of carbonyl (C=O) groups excluding carboxylic acids is 2. The lowest BCUT2D eigenvalue weighted by atomic mass is 9.97. The summed E-state index contributed by atoms with van der Waals surface area (Å²) in [5.41, 5.74) is 1.02. The number of halogens is 1. The molecule has 1 aliphatic rings. The molecule has 0 spiro atoms. The van der Waals surface area contributed by atoms with Crippen LogP contribution in [0.4, 0.5) is 10.5 Å². The van der Waals surface area contributed by atoms with Gasteiger partial charge in [0.25, 0.3) is 5.91 Å². The first-order valence-electron chi connectivity index (χ1n) is 8.11. The Morgan fingerprint density at radius 2 is 1.92 bits per heavy atom. The number of urea groups is 1. The van der Waals surface area contributed by atoms with Crippen molar-refractivity contribution in [2.45, 2.75) is 20.8 Å². The number of rotatable bonds is 3. The lowest BCUT2D eigenvalue weighted by molar-refractivity contribution is 0.0736. The maximum atomic E-state index is 12.4. The van der Waals surface area contributed by atoms with Crippen molar-refractivity contribution in [3.8, 4) is 0 Å². The molecule has 1 saturated heterocycles. The summed E-state index contributed by atoms with van der Waals surface area (Å²) in [5, 5.41) is 9.07. The number of nitrogens with one attached hydrogen (secondary N) is 3.